The van der Waals surface area contributed by atoms with Gasteiger partial charge >= 0.3 is 0 Å². The second-order valence-corrected chi connectivity index (χ2v) is 3.53. The van der Waals surface area contributed by atoms with Crippen molar-refractivity contribution in [3.05, 3.63) is 41.0 Å². The van der Waals surface area contributed by atoms with Crippen molar-refractivity contribution in [1.29, 1.82) is 0 Å². The second-order valence-electron chi connectivity index (χ2n) is 3.53. The summed E-state index contributed by atoms with van der Waals surface area (Å²) in [5, 5.41) is 0. The molecular formula is C16H29N. The van der Waals surface area contributed by atoms with Crippen molar-refractivity contribution in [2.24, 2.45) is 5.73 Å². The van der Waals surface area contributed by atoms with Gasteiger partial charge in [0, 0.05) is 6.54 Å². The maximum absolute atomic E-state index is 5.52. The fourth-order valence-electron chi connectivity index (χ4n) is 1.18. The van der Waals surface area contributed by atoms with Crippen molar-refractivity contribution in [2.45, 2.75) is 55.0 Å². The Bertz CT molecular complexity index is 303. The van der Waals surface area contributed by atoms with E-state index in [1.54, 1.807) is 0 Å². The van der Waals surface area contributed by atoms with Gasteiger partial charge in [0.15, 0.2) is 0 Å². The van der Waals surface area contributed by atoms with Crippen molar-refractivity contribution in [1.82, 2.24) is 0 Å². The van der Waals surface area contributed by atoms with E-state index in [4.69, 9.17) is 5.73 Å². The SMILES string of the molecule is CC.CC.CC(C)=C(C)c1ccc(CN)cc1. The van der Waals surface area contributed by atoms with Crippen LogP contribution in [0.5, 0.6) is 0 Å². The minimum Gasteiger partial charge on any atom is -0.326 e. The number of nitrogens with two attached hydrogens (primary N) is 1. The Morgan fingerprint density at radius 2 is 1.29 bits per heavy atom. The summed E-state index contributed by atoms with van der Waals surface area (Å²) >= 11 is 0. The van der Waals surface area contributed by atoms with E-state index >= 15 is 0 Å². The van der Waals surface area contributed by atoms with Crippen LogP contribution in [-0.4, -0.2) is 0 Å². The van der Waals surface area contributed by atoms with Crippen molar-refractivity contribution < 1.29 is 0 Å². The van der Waals surface area contributed by atoms with Crippen LogP contribution in [0.15, 0.2) is 29.8 Å². The number of rotatable bonds is 2. The van der Waals surface area contributed by atoms with Crippen LogP contribution in [0.1, 0.15) is 59.6 Å². The molecule has 0 saturated carbocycles. The van der Waals surface area contributed by atoms with Crippen LogP contribution in [0.4, 0.5) is 0 Å². The van der Waals surface area contributed by atoms with Crippen LogP contribution < -0.4 is 5.73 Å². The molecule has 1 heteroatoms. The molecule has 0 saturated heterocycles. The van der Waals surface area contributed by atoms with Crippen molar-refractivity contribution in [3.63, 3.8) is 0 Å². The lowest BCUT2D eigenvalue weighted by Gasteiger charge is -2.04. The summed E-state index contributed by atoms with van der Waals surface area (Å²) in [6, 6.07) is 8.43. The number of allylic oxidation sites excluding steroid dienone is 2. The van der Waals surface area contributed by atoms with Crippen LogP contribution in [0.25, 0.3) is 5.57 Å². The first-order chi connectivity index (χ1) is 8.15. The van der Waals surface area contributed by atoms with Gasteiger partial charge in [-0.1, -0.05) is 57.5 Å². The van der Waals surface area contributed by atoms with Crippen LogP contribution in [0.3, 0.4) is 0 Å². The van der Waals surface area contributed by atoms with Crippen molar-refractivity contribution >= 4 is 5.57 Å². The first-order valence-electron chi connectivity index (χ1n) is 6.58. The molecule has 0 heterocycles. The van der Waals surface area contributed by atoms with Gasteiger partial charge in [-0.05, 0) is 37.5 Å². The number of hydrogen-bond acceptors (Lipinski definition) is 1. The molecule has 0 aliphatic rings. The number of benzene rings is 1. The normalized spacial score (nSPS) is 8.24. The van der Waals surface area contributed by atoms with Crippen LogP contribution in [-0.2, 0) is 6.54 Å². The number of hydrogen-bond donors (Lipinski definition) is 1. The van der Waals surface area contributed by atoms with E-state index in [0.717, 1.165) is 0 Å². The summed E-state index contributed by atoms with van der Waals surface area (Å²) in [7, 11) is 0. The zero-order valence-electron chi connectivity index (χ0n) is 12.6. The predicted molar refractivity (Wildman–Crippen MR) is 81.0 cm³/mol. The molecule has 1 rings (SSSR count). The first-order valence-corrected chi connectivity index (χ1v) is 6.58. The zero-order valence-corrected chi connectivity index (χ0v) is 12.6. The third-order valence-corrected chi connectivity index (χ3v) is 2.37. The monoisotopic (exact) mass is 235 g/mol. The molecule has 0 atom stereocenters. The Balaban J connectivity index is 0. The van der Waals surface area contributed by atoms with Gasteiger partial charge in [0.1, 0.15) is 0 Å². The quantitative estimate of drug-likeness (QED) is 0.766. The lowest BCUT2D eigenvalue weighted by atomic mass is 10.0. The Kier molecular flexibility index (Phi) is 12.3. The fourth-order valence-corrected chi connectivity index (χ4v) is 1.18. The Hall–Kier alpha value is -1.08. The minimum atomic E-state index is 0.619. The van der Waals surface area contributed by atoms with Gasteiger partial charge in [-0.2, -0.15) is 0 Å². The van der Waals surface area contributed by atoms with E-state index in [9.17, 15) is 0 Å². The molecule has 0 aromatic heterocycles. The van der Waals surface area contributed by atoms with Gasteiger partial charge in [0.25, 0.3) is 0 Å². The smallest absolute Gasteiger partial charge is 0.0178 e. The summed E-state index contributed by atoms with van der Waals surface area (Å²) in [4.78, 5) is 0. The first kappa shape index (κ1) is 18.3. The molecule has 2 N–H and O–H groups in total. The van der Waals surface area contributed by atoms with Crippen LogP contribution in [0, 0.1) is 0 Å². The molecule has 98 valence electrons. The standard InChI is InChI=1S/C12H17N.2C2H6/c1-9(2)10(3)12-6-4-11(8-13)5-7-12;2*1-2/h4-7H,8,13H2,1-3H3;2*1-2H3. The van der Waals surface area contributed by atoms with Gasteiger partial charge in [0.2, 0.25) is 0 Å². The minimum absolute atomic E-state index is 0.619. The maximum Gasteiger partial charge on any atom is 0.0178 e. The summed E-state index contributed by atoms with van der Waals surface area (Å²) in [5.74, 6) is 0. The van der Waals surface area contributed by atoms with Crippen LogP contribution >= 0.6 is 0 Å². The average molecular weight is 235 g/mol. The topological polar surface area (TPSA) is 26.0 Å². The van der Waals surface area contributed by atoms with Crippen molar-refractivity contribution in [3.8, 4) is 0 Å². The zero-order chi connectivity index (χ0) is 13.8. The predicted octanol–water partition coefficient (Wildman–Crippen LogP) is 5.01. The molecule has 1 aromatic carbocycles. The second kappa shape index (κ2) is 11.4. The maximum atomic E-state index is 5.52. The van der Waals surface area contributed by atoms with Crippen LogP contribution in [0.2, 0.25) is 0 Å². The van der Waals surface area contributed by atoms with Crippen molar-refractivity contribution in [2.75, 3.05) is 0 Å². The van der Waals surface area contributed by atoms with Gasteiger partial charge in [-0.3, -0.25) is 0 Å². The third kappa shape index (κ3) is 6.96. The molecule has 17 heavy (non-hydrogen) atoms. The highest BCUT2D eigenvalue weighted by atomic mass is 14.5. The third-order valence-electron chi connectivity index (χ3n) is 2.37. The summed E-state index contributed by atoms with van der Waals surface area (Å²) in [6.45, 7) is 15.0. The highest BCUT2D eigenvalue weighted by Crippen LogP contribution is 2.17. The largest absolute Gasteiger partial charge is 0.326 e. The Morgan fingerprint density at radius 1 is 0.882 bits per heavy atom. The van der Waals surface area contributed by atoms with E-state index in [1.807, 2.05) is 27.7 Å². The molecular weight excluding hydrogens is 206 g/mol. The van der Waals surface area contributed by atoms with E-state index in [-0.39, 0.29) is 0 Å². The van der Waals surface area contributed by atoms with Gasteiger partial charge in [0.05, 0.1) is 0 Å². The molecule has 0 spiro atoms. The summed E-state index contributed by atoms with van der Waals surface area (Å²) in [6.07, 6.45) is 0. The molecule has 0 bridgehead atoms. The van der Waals surface area contributed by atoms with E-state index in [2.05, 4.69) is 45.0 Å². The molecule has 0 unspecified atom stereocenters. The highest BCUT2D eigenvalue weighted by Gasteiger charge is 1.96. The molecule has 0 amide bonds. The van der Waals surface area contributed by atoms with Gasteiger partial charge < -0.3 is 5.73 Å². The molecule has 1 nitrogen and oxygen atoms in total. The molecule has 0 aliphatic carbocycles. The lowest BCUT2D eigenvalue weighted by Crippen LogP contribution is -1.95. The van der Waals surface area contributed by atoms with Gasteiger partial charge in [-0.15, -0.1) is 0 Å². The van der Waals surface area contributed by atoms with E-state index in [0.29, 0.717) is 6.54 Å². The van der Waals surface area contributed by atoms with E-state index in [1.165, 1.54) is 22.3 Å². The summed E-state index contributed by atoms with van der Waals surface area (Å²) < 4.78 is 0. The Morgan fingerprint density at radius 3 is 1.59 bits per heavy atom. The highest BCUT2D eigenvalue weighted by molar-refractivity contribution is 5.66. The average Bonchev–Trinajstić information content (AvgIpc) is 2.42. The molecule has 1 aromatic rings. The Labute approximate surface area is 108 Å². The summed E-state index contributed by atoms with van der Waals surface area (Å²) in [5.41, 5.74) is 10.7. The molecule has 0 aliphatic heterocycles. The van der Waals surface area contributed by atoms with E-state index < -0.39 is 0 Å². The molecule has 0 fully saturated rings. The molecule has 0 radical (unpaired) electrons. The fraction of sp³-hybridized carbons (Fsp3) is 0.500. The lowest BCUT2D eigenvalue weighted by molar-refractivity contribution is 1.07. The van der Waals surface area contributed by atoms with Gasteiger partial charge in [-0.25, -0.2) is 0 Å².